The van der Waals surface area contributed by atoms with Crippen LogP contribution in [0.15, 0.2) is 57.8 Å². The Kier molecular flexibility index (Phi) is 3.84. The van der Waals surface area contributed by atoms with Gasteiger partial charge in [-0.1, -0.05) is 0 Å². The Labute approximate surface area is 136 Å². The first kappa shape index (κ1) is 15.9. The zero-order valence-electron chi connectivity index (χ0n) is 11.5. The van der Waals surface area contributed by atoms with Crippen molar-refractivity contribution >= 4 is 47.3 Å². The molecule has 1 aromatic heterocycles. The van der Waals surface area contributed by atoms with Crippen LogP contribution in [-0.4, -0.2) is 21.8 Å². The van der Waals surface area contributed by atoms with Crippen LogP contribution < -0.4 is 9.86 Å². The molecule has 0 spiro atoms. The first-order valence-electron chi connectivity index (χ1n) is 6.25. The van der Waals surface area contributed by atoms with Gasteiger partial charge in [-0.05, 0) is 42.5 Å². The van der Waals surface area contributed by atoms with E-state index in [0.29, 0.717) is 0 Å². The summed E-state index contributed by atoms with van der Waals surface area (Å²) in [5.41, 5.74) is 2.61. The number of thiazole rings is 1. The monoisotopic (exact) mass is 369 g/mol. The SMILES string of the molecule is NS(=O)(=O)c1ccc(NS(=O)(=O)c2ccc3ncsc3c2)cc1. The lowest BCUT2D eigenvalue weighted by molar-refractivity contribution is 0.597. The maximum atomic E-state index is 12.4. The average molecular weight is 369 g/mol. The van der Waals surface area contributed by atoms with Crippen LogP contribution in [0.3, 0.4) is 0 Å². The smallest absolute Gasteiger partial charge is 0.261 e. The molecular weight excluding hydrogens is 358 g/mol. The van der Waals surface area contributed by atoms with Crippen LogP contribution >= 0.6 is 11.3 Å². The molecule has 0 saturated carbocycles. The Hall–Kier alpha value is -2.01. The third-order valence-corrected chi connectivity index (χ3v) is 6.15. The van der Waals surface area contributed by atoms with Crippen LogP contribution in [-0.2, 0) is 20.0 Å². The molecule has 2 aromatic carbocycles. The minimum absolute atomic E-state index is 0.0912. The van der Waals surface area contributed by atoms with E-state index in [2.05, 4.69) is 9.71 Å². The fraction of sp³-hybridized carbons (Fsp3) is 0. The van der Waals surface area contributed by atoms with Gasteiger partial charge < -0.3 is 0 Å². The highest BCUT2D eigenvalue weighted by Gasteiger charge is 2.16. The van der Waals surface area contributed by atoms with E-state index in [-0.39, 0.29) is 15.5 Å². The standard InChI is InChI=1S/C13H11N3O4S3/c14-22(17,18)10-3-1-9(2-4-10)16-23(19,20)11-5-6-12-13(7-11)21-8-15-12/h1-8,16H,(H2,14,17,18). The topological polar surface area (TPSA) is 119 Å². The number of rotatable bonds is 4. The van der Waals surface area contributed by atoms with E-state index < -0.39 is 20.0 Å². The molecule has 23 heavy (non-hydrogen) atoms. The van der Waals surface area contributed by atoms with Gasteiger partial charge in [-0.2, -0.15) is 0 Å². The lowest BCUT2D eigenvalue weighted by Crippen LogP contribution is -2.14. The van der Waals surface area contributed by atoms with Crippen molar-refractivity contribution < 1.29 is 16.8 Å². The Bertz CT molecular complexity index is 1070. The van der Waals surface area contributed by atoms with Gasteiger partial charge in [0, 0.05) is 5.69 Å². The molecule has 0 bridgehead atoms. The number of hydrogen-bond acceptors (Lipinski definition) is 6. The molecule has 7 nitrogen and oxygen atoms in total. The van der Waals surface area contributed by atoms with Gasteiger partial charge in [-0.25, -0.2) is 27.0 Å². The first-order chi connectivity index (χ1) is 10.8. The molecule has 0 fully saturated rings. The average Bonchev–Trinajstić information content (AvgIpc) is 2.93. The van der Waals surface area contributed by atoms with Gasteiger partial charge in [0.2, 0.25) is 10.0 Å². The largest absolute Gasteiger partial charge is 0.280 e. The highest BCUT2D eigenvalue weighted by atomic mass is 32.2. The molecule has 0 aliphatic carbocycles. The van der Waals surface area contributed by atoms with Crippen molar-refractivity contribution in [1.29, 1.82) is 0 Å². The van der Waals surface area contributed by atoms with Gasteiger partial charge in [0.1, 0.15) is 0 Å². The molecule has 0 aliphatic rings. The molecule has 10 heteroatoms. The predicted molar refractivity (Wildman–Crippen MR) is 88.2 cm³/mol. The Morgan fingerprint density at radius 3 is 2.26 bits per heavy atom. The first-order valence-corrected chi connectivity index (χ1v) is 10.2. The molecule has 0 saturated heterocycles. The number of benzene rings is 2. The van der Waals surface area contributed by atoms with Gasteiger partial charge in [-0.15, -0.1) is 11.3 Å². The molecule has 0 radical (unpaired) electrons. The van der Waals surface area contributed by atoms with Crippen LogP contribution in [0, 0.1) is 0 Å². The molecular formula is C13H11N3O4S3. The number of nitrogens with two attached hydrogens (primary N) is 1. The maximum Gasteiger partial charge on any atom is 0.261 e. The molecule has 3 N–H and O–H groups in total. The Morgan fingerprint density at radius 1 is 0.957 bits per heavy atom. The minimum atomic E-state index is -3.82. The number of sulfonamides is 2. The van der Waals surface area contributed by atoms with Crippen molar-refractivity contribution in [1.82, 2.24) is 4.98 Å². The van der Waals surface area contributed by atoms with E-state index in [1.807, 2.05) is 0 Å². The van der Waals surface area contributed by atoms with E-state index in [1.165, 1.54) is 47.7 Å². The second kappa shape index (κ2) is 5.57. The molecule has 1 heterocycles. The van der Waals surface area contributed by atoms with Crippen molar-refractivity contribution in [3.8, 4) is 0 Å². The van der Waals surface area contributed by atoms with Crippen molar-refractivity contribution in [2.24, 2.45) is 5.14 Å². The molecule has 0 amide bonds. The predicted octanol–water partition coefficient (Wildman–Crippen LogP) is 1.74. The van der Waals surface area contributed by atoms with Gasteiger partial charge >= 0.3 is 0 Å². The fourth-order valence-electron chi connectivity index (χ4n) is 1.93. The summed E-state index contributed by atoms with van der Waals surface area (Å²) in [5, 5.41) is 5.00. The van der Waals surface area contributed by atoms with Gasteiger partial charge in [-0.3, -0.25) is 4.72 Å². The number of nitrogens with one attached hydrogen (secondary N) is 1. The summed E-state index contributed by atoms with van der Waals surface area (Å²) in [7, 11) is -7.60. The van der Waals surface area contributed by atoms with Crippen molar-refractivity contribution in [2.75, 3.05) is 4.72 Å². The normalized spacial score (nSPS) is 12.4. The van der Waals surface area contributed by atoms with Gasteiger partial charge in [0.25, 0.3) is 10.0 Å². The van der Waals surface area contributed by atoms with Crippen LogP contribution in [0.2, 0.25) is 0 Å². The number of hydrogen-bond donors (Lipinski definition) is 2. The molecule has 0 atom stereocenters. The second-order valence-electron chi connectivity index (χ2n) is 4.66. The van der Waals surface area contributed by atoms with Gasteiger partial charge in [0.05, 0.1) is 25.5 Å². The zero-order chi connectivity index (χ0) is 16.7. The van der Waals surface area contributed by atoms with Crippen molar-refractivity contribution in [3.05, 3.63) is 48.0 Å². The fourth-order valence-corrected chi connectivity index (χ4v) is 4.32. The van der Waals surface area contributed by atoms with Crippen LogP contribution in [0.4, 0.5) is 5.69 Å². The quantitative estimate of drug-likeness (QED) is 0.726. The number of anilines is 1. The maximum absolute atomic E-state index is 12.4. The third kappa shape index (κ3) is 3.34. The summed E-state index contributed by atoms with van der Waals surface area (Å²) < 4.78 is 50.3. The lowest BCUT2D eigenvalue weighted by atomic mass is 10.3. The van der Waals surface area contributed by atoms with Gasteiger partial charge in [0.15, 0.2) is 0 Å². The minimum Gasteiger partial charge on any atom is -0.280 e. The molecule has 0 aliphatic heterocycles. The summed E-state index contributed by atoms with van der Waals surface area (Å²) >= 11 is 1.34. The summed E-state index contributed by atoms with van der Waals surface area (Å²) in [5.74, 6) is 0. The molecule has 120 valence electrons. The van der Waals surface area contributed by atoms with E-state index >= 15 is 0 Å². The molecule has 3 aromatic rings. The number of primary sulfonamides is 1. The third-order valence-electron chi connectivity index (χ3n) is 3.05. The lowest BCUT2D eigenvalue weighted by Gasteiger charge is -2.08. The summed E-state index contributed by atoms with van der Waals surface area (Å²) in [6.07, 6.45) is 0. The molecule has 0 unspecified atom stereocenters. The Balaban J connectivity index is 1.91. The Morgan fingerprint density at radius 2 is 1.61 bits per heavy atom. The number of nitrogens with zero attached hydrogens (tertiary/aromatic N) is 1. The highest BCUT2D eigenvalue weighted by Crippen LogP contribution is 2.23. The van der Waals surface area contributed by atoms with Crippen LogP contribution in [0.25, 0.3) is 10.2 Å². The number of aromatic nitrogens is 1. The van der Waals surface area contributed by atoms with Crippen LogP contribution in [0.1, 0.15) is 0 Å². The van der Waals surface area contributed by atoms with E-state index in [9.17, 15) is 16.8 Å². The zero-order valence-corrected chi connectivity index (χ0v) is 14.0. The highest BCUT2D eigenvalue weighted by molar-refractivity contribution is 7.92. The molecule has 3 rings (SSSR count). The second-order valence-corrected chi connectivity index (χ2v) is 8.79. The van der Waals surface area contributed by atoms with E-state index in [4.69, 9.17) is 5.14 Å². The summed E-state index contributed by atoms with van der Waals surface area (Å²) in [6, 6.07) is 9.77. The summed E-state index contributed by atoms with van der Waals surface area (Å²) in [6.45, 7) is 0. The van der Waals surface area contributed by atoms with Crippen LogP contribution in [0.5, 0.6) is 0 Å². The van der Waals surface area contributed by atoms with Crippen molar-refractivity contribution in [3.63, 3.8) is 0 Å². The van der Waals surface area contributed by atoms with Crippen molar-refractivity contribution in [2.45, 2.75) is 9.79 Å². The van der Waals surface area contributed by atoms with E-state index in [1.54, 1.807) is 11.6 Å². The number of fused-ring (bicyclic) bond motifs is 1. The van der Waals surface area contributed by atoms with E-state index in [0.717, 1.165) is 10.2 Å². The summed E-state index contributed by atoms with van der Waals surface area (Å²) in [4.78, 5) is 4.10.